The highest BCUT2D eigenvalue weighted by molar-refractivity contribution is 6.31. The predicted octanol–water partition coefficient (Wildman–Crippen LogP) is 3.76. The number of nitrogens with one attached hydrogen (secondary N) is 2. The number of rotatable bonds is 6. The second-order valence-corrected chi connectivity index (χ2v) is 7.82. The van der Waals surface area contributed by atoms with Crippen molar-refractivity contribution in [2.75, 3.05) is 19.6 Å². The van der Waals surface area contributed by atoms with Crippen molar-refractivity contribution in [1.82, 2.24) is 10.6 Å². The monoisotopic (exact) mass is 336 g/mol. The van der Waals surface area contributed by atoms with Gasteiger partial charge in [0.2, 0.25) is 5.91 Å². The lowest BCUT2D eigenvalue weighted by Gasteiger charge is -2.29. The summed E-state index contributed by atoms with van der Waals surface area (Å²) < 4.78 is 0. The minimum atomic E-state index is -0.175. The average Bonchev–Trinajstić information content (AvgIpc) is 2.54. The van der Waals surface area contributed by atoms with Gasteiger partial charge in [-0.25, -0.2) is 0 Å². The maximum Gasteiger partial charge on any atom is 0.220 e. The Labute approximate surface area is 145 Å². The van der Waals surface area contributed by atoms with Gasteiger partial charge in [0.25, 0.3) is 0 Å². The van der Waals surface area contributed by atoms with Gasteiger partial charge in [0.05, 0.1) is 0 Å². The molecule has 0 saturated carbocycles. The molecule has 1 aliphatic rings. The van der Waals surface area contributed by atoms with E-state index in [1.165, 1.54) is 12.8 Å². The highest BCUT2D eigenvalue weighted by atomic mass is 35.5. The summed E-state index contributed by atoms with van der Waals surface area (Å²) in [7, 11) is 0. The number of carbonyl (C=O) groups is 1. The third kappa shape index (κ3) is 5.22. The zero-order valence-electron chi connectivity index (χ0n) is 14.5. The Morgan fingerprint density at radius 3 is 2.65 bits per heavy atom. The van der Waals surface area contributed by atoms with Crippen LogP contribution in [0, 0.1) is 11.8 Å². The second-order valence-electron chi connectivity index (χ2n) is 7.41. The van der Waals surface area contributed by atoms with E-state index in [1.54, 1.807) is 0 Å². The summed E-state index contributed by atoms with van der Waals surface area (Å²) in [6.45, 7) is 9.20. The van der Waals surface area contributed by atoms with E-state index < -0.39 is 0 Å². The summed E-state index contributed by atoms with van der Waals surface area (Å²) in [5.74, 6) is 1.26. The number of benzene rings is 1. The average molecular weight is 337 g/mol. The largest absolute Gasteiger partial charge is 0.355 e. The van der Waals surface area contributed by atoms with Crippen LogP contribution in [0.3, 0.4) is 0 Å². The molecular formula is C19H29ClN2O. The van der Waals surface area contributed by atoms with Crippen molar-refractivity contribution in [1.29, 1.82) is 0 Å². The highest BCUT2D eigenvalue weighted by Gasteiger charge is 2.25. The van der Waals surface area contributed by atoms with Crippen LogP contribution in [0.5, 0.6) is 0 Å². The van der Waals surface area contributed by atoms with Gasteiger partial charge >= 0.3 is 0 Å². The first kappa shape index (κ1) is 18.3. The minimum absolute atomic E-state index is 0.149. The fourth-order valence-corrected chi connectivity index (χ4v) is 3.76. The van der Waals surface area contributed by atoms with Crippen molar-refractivity contribution >= 4 is 17.5 Å². The lowest BCUT2D eigenvalue weighted by molar-refractivity contribution is -0.122. The summed E-state index contributed by atoms with van der Waals surface area (Å²) in [6.07, 6.45) is 2.97. The van der Waals surface area contributed by atoms with E-state index in [2.05, 4.69) is 31.4 Å². The lowest BCUT2D eigenvalue weighted by atomic mass is 9.83. The number of carbonyl (C=O) groups excluding carboxylic acids is 1. The molecule has 2 N–H and O–H groups in total. The van der Waals surface area contributed by atoms with Gasteiger partial charge in [0.1, 0.15) is 0 Å². The molecule has 128 valence electrons. The van der Waals surface area contributed by atoms with Crippen LogP contribution in [0.4, 0.5) is 0 Å². The third-order valence-corrected chi connectivity index (χ3v) is 5.36. The van der Waals surface area contributed by atoms with E-state index in [9.17, 15) is 4.79 Å². The van der Waals surface area contributed by atoms with Crippen molar-refractivity contribution in [2.45, 2.75) is 45.4 Å². The first-order chi connectivity index (χ1) is 10.9. The fourth-order valence-electron chi connectivity index (χ4n) is 3.37. The summed E-state index contributed by atoms with van der Waals surface area (Å²) >= 11 is 6.29. The van der Waals surface area contributed by atoms with Crippen LogP contribution in [-0.2, 0) is 10.2 Å². The molecule has 0 aliphatic carbocycles. The molecule has 0 aromatic heterocycles. The van der Waals surface area contributed by atoms with E-state index in [0.29, 0.717) is 24.8 Å². The maximum atomic E-state index is 12.3. The SMILES string of the molecule is CC(CC(=O)NCC(C)(C)c1ccccc1Cl)C1CCNCC1. The number of halogens is 1. The van der Waals surface area contributed by atoms with E-state index in [-0.39, 0.29) is 11.3 Å². The number of hydrogen-bond acceptors (Lipinski definition) is 2. The Morgan fingerprint density at radius 1 is 1.35 bits per heavy atom. The topological polar surface area (TPSA) is 41.1 Å². The van der Waals surface area contributed by atoms with Crippen molar-refractivity contribution in [2.24, 2.45) is 11.8 Å². The zero-order chi connectivity index (χ0) is 16.9. The second kappa shape index (κ2) is 8.16. The van der Waals surface area contributed by atoms with Crippen LogP contribution in [0.1, 0.15) is 45.6 Å². The van der Waals surface area contributed by atoms with Gasteiger partial charge < -0.3 is 10.6 Å². The molecule has 1 aromatic rings. The van der Waals surface area contributed by atoms with Gasteiger partial charge in [0, 0.05) is 23.4 Å². The molecule has 0 spiro atoms. The van der Waals surface area contributed by atoms with Crippen LogP contribution >= 0.6 is 11.6 Å². The van der Waals surface area contributed by atoms with Gasteiger partial charge in [-0.1, -0.05) is 50.6 Å². The summed E-state index contributed by atoms with van der Waals surface area (Å²) in [5, 5.41) is 7.24. The zero-order valence-corrected chi connectivity index (χ0v) is 15.2. The van der Waals surface area contributed by atoms with Crippen molar-refractivity contribution in [3.8, 4) is 0 Å². The quantitative estimate of drug-likeness (QED) is 0.830. The van der Waals surface area contributed by atoms with Crippen LogP contribution in [0.15, 0.2) is 24.3 Å². The molecule has 2 rings (SSSR count). The van der Waals surface area contributed by atoms with E-state index in [0.717, 1.165) is 23.7 Å². The molecule has 1 amide bonds. The minimum Gasteiger partial charge on any atom is -0.355 e. The first-order valence-corrected chi connectivity index (χ1v) is 9.00. The fraction of sp³-hybridized carbons (Fsp3) is 0.632. The third-order valence-electron chi connectivity index (χ3n) is 5.03. The Morgan fingerprint density at radius 2 is 2.00 bits per heavy atom. The van der Waals surface area contributed by atoms with Crippen LogP contribution in [0.25, 0.3) is 0 Å². The summed E-state index contributed by atoms with van der Waals surface area (Å²) in [4.78, 5) is 12.3. The molecule has 4 heteroatoms. The molecule has 1 saturated heterocycles. The Balaban J connectivity index is 1.84. The predicted molar refractivity (Wildman–Crippen MR) is 96.9 cm³/mol. The molecule has 1 atom stereocenters. The Hall–Kier alpha value is -1.06. The van der Waals surface area contributed by atoms with E-state index in [4.69, 9.17) is 11.6 Å². The Kier molecular flexibility index (Phi) is 6.49. The molecule has 1 heterocycles. The summed E-state index contributed by atoms with van der Waals surface area (Å²) in [5.41, 5.74) is 0.903. The molecule has 1 unspecified atom stereocenters. The highest BCUT2D eigenvalue weighted by Crippen LogP contribution is 2.29. The van der Waals surface area contributed by atoms with Gasteiger partial charge in [-0.3, -0.25) is 4.79 Å². The molecule has 1 aliphatic heterocycles. The van der Waals surface area contributed by atoms with E-state index >= 15 is 0 Å². The lowest BCUT2D eigenvalue weighted by Crippen LogP contribution is -2.38. The van der Waals surface area contributed by atoms with Gasteiger partial charge in [0.15, 0.2) is 0 Å². The number of amides is 1. The van der Waals surface area contributed by atoms with Gasteiger partial charge in [-0.05, 0) is 49.4 Å². The van der Waals surface area contributed by atoms with Gasteiger partial charge in [-0.2, -0.15) is 0 Å². The van der Waals surface area contributed by atoms with E-state index in [1.807, 2.05) is 24.3 Å². The first-order valence-electron chi connectivity index (χ1n) is 8.62. The van der Waals surface area contributed by atoms with Crippen molar-refractivity contribution < 1.29 is 4.79 Å². The van der Waals surface area contributed by atoms with Crippen LogP contribution in [0.2, 0.25) is 5.02 Å². The van der Waals surface area contributed by atoms with Crippen LogP contribution < -0.4 is 10.6 Å². The molecule has 23 heavy (non-hydrogen) atoms. The van der Waals surface area contributed by atoms with Crippen molar-refractivity contribution in [3.05, 3.63) is 34.9 Å². The summed E-state index contributed by atoms with van der Waals surface area (Å²) in [6, 6.07) is 7.86. The molecule has 1 fully saturated rings. The number of hydrogen-bond donors (Lipinski definition) is 2. The Bertz CT molecular complexity index is 524. The normalized spacial score (nSPS) is 17.7. The molecule has 0 bridgehead atoms. The van der Waals surface area contributed by atoms with Gasteiger partial charge in [-0.15, -0.1) is 0 Å². The van der Waals surface area contributed by atoms with Crippen LogP contribution in [-0.4, -0.2) is 25.5 Å². The number of piperidine rings is 1. The standard InChI is InChI=1S/C19H29ClN2O/c1-14(15-8-10-21-11-9-15)12-18(23)22-13-19(2,3)16-6-4-5-7-17(16)20/h4-7,14-15,21H,8-13H2,1-3H3,(H,22,23). The molecule has 3 nitrogen and oxygen atoms in total. The molecule has 1 aromatic carbocycles. The molecular weight excluding hydrogens is 308 g/mol. The van der Waals surface area contributed by atoms with Crippen molar-refractivity contribution in [3.63, 3.8) is 0 Å². The smallest absolute Gasteiger partial charge is 0.220 e. The maximum absolute atomic E-state index is 12.3. The molecule has 0 radical (unpaired) electrons.